The number of benzene rings is 2. The molecule has 2 aromatic carbocycles. The summed E-state index contributed by atoms with van der Waals surface area (Å²) >= 11 is 0. The topological polar surface area (TPSA) is 84.7 Å². The lowest BCUT2D eigenvalue weighted by Gasteiger charge is -2.28. The number of carbonyl (C=O) groups excluding carboxylic acids is 2. The van der Waals surface area contributed by atoms with Crippen LogP contribution in [0.2, 0.25) is 0 Å². The number of likely N-dealkylation sites (N-methyl/N-ethyl adjacent to an activating group) is 1. The average Bonchev–Trinajstić information content (AvgIpc) is 3.32. The van der Waals surface area contributed by atoms with Crippen molar-refractivity contribution in [1.29, 1.82) is 0 Å². The zero-order valence-corrected chi connectivity index (χ0v) is 19.2. The predicted molar refractivity (Wildman–Crippen MR) is 130 cm³/mol. The molecule has 0 unspecified atom stereocenters. The summed E-state index contributed by atoms with van der Waals surface area (Å²) in [5.41, 5.74) is 2.61. The van der Waals surface area contributed by atoms with Gasteiger partial charge in [-0.2, -0.15) is 0 Å². The van der Waals surface area contributed by atoms with Gasteiger partial charge in [-0.15, -0.1) is 0 Å². The molecule has 0 spiro atoms. The highest BCUT2D eigenvalue weighted by molar-refractivity contribution is 6.05. The van der Waals surface area contributed by atoms with E-state index in [0.29, 0.717) is 36.4 Å². The van der Waals surface area contributed by atoms with Crippen LogP contribution in [0.5, 0.6) is 5.88 Å². The highest BCUT2D eigenvalue weighted by Gasteiger charge is 2.24. The van der Waals surface area contributed by atoms with Crippen molar-refractivity contribution in [2.75, 3.05) is 20.7 Å². The van der Waals surface area contributed by atoms with Gasteiger partial charge < -0.3 is 19.4 Å². The van der Waals surface area contributed by atoms with Gasteiger partial charge in [-0.05, 0) is 30.5 Å². The first-order valence-electron chi connectivity index (χ1n) is 11.1. The maximum absolute atomic E-state index is 13.4. The minimum atomic E-state index is -0.285. The molecule has 0 radical (unpaired) electrons. The number of carbonyl (C=O) groups is 2. The second-order valence-corrected chi connectivity index (χ2v) is 8.01. The van der Waals surface area contributed by atoms with E-state index in [-0.39, 0.29) is 23.6 Å². The van der Waals surface area contributed by atoms with Crippen LogP contribution in [0.25, 0.3) is 11.0 Å². The first kappa shape index (κ1) is 23.0. The molecule has 4 rings (SSSR count). The third kappa shape index (κ3) is 5.26. The molecule has 7 heteroatoms. The summed E-state index contributed by atoms with van der Waals surface area (Å²) in [4.78, 5) is 31.9. The molecule has 2 heterocycles. The number of hydrogen-bond acceptors (Lipinski definition) is 5. The van der Waals surface area contributed by atoms with E-state index >= 15 is 0 Å². The molecule has 0 aliphatic heterocycles. The molecular formula is C27H27N3O4. The zero-order valence-electron chi connectivity index (χ0n) is 19.2. The molecule has 1 atom stereocenters. The average molecular weight is 458 g/mol. The van der Waals surface area contributed by atoms with Gasteiger partial charge in [0, 0.05) is 31.1 Å². The van der Waals surface area contributed by atoms with Crippen LogP contribution in [0.15, 0.2) is 83.5 Å². The zero-order chi connectivity index (χ0) is 23.9. The Balaban J connectivity index is 1.48. The Morgan fingerprint density at radius 2 is 1.79 bits per heavy atom. The third-order valence-corrected chi connectivity index (χ3v) is 5.82. The molecule has 0 aliphatic carbocycles. The van der Waals surface area contributed by atoms with E-state index in [1.807, 2.05) is 54.6 Å². The fraction of sp³-hybridized carbons (Fsp3) is 0.222. The molecule has 0 aliphatic rings. The van der Waals surface area contributed by atoms with Crippen molar-refractivity contribution in [3.05, 3.63) is 95.9 Å². The van der Waals surface area contributed by atoms with Crippen LogP contribution in [0.3, 0.4) is 0 Å². The number of fused-ring (bicyclic) bond motifs is 1. The number of nitrogens with zero attached hydrogens (tertiary/aromatic N) is 2. The first-order chi connectivity index (χ1) is 16.6. The molecule has 4 aromatic rings. The molecule has 0 bridgehead atoms. The molecule has 2 aromatic heterocycles. The lowest BCUT2D eigenvalue weighted by molar-refractivity contribution is 0.0723. The molecule has 0 fully saturated rings. The monoisotopic (exact) mass is 457 g/mol. The summed E-state index contributed by atoms with van der Waals surface area (Å²) in [5.74, 6) is -0.0221. The third-order valence-electron chi connectivity index (χ3n) is 5.82. The van der Waals surface area contributed by atoms with E-state index in [9.17, 15) is 9.59 Å². The highest BCUT2D eigenvalue weighted by Crippen LogP contribution is 2.23. The minimum absolute atomic E-state index is 0.119. The first-order valence-corrected chi connectivity index (χ1v) is 11.1. The molecule has 1 N–H and O–H groups in total. The van der Waals surface area contributed by atoms with E-state index in [0.717, 1.165) is 10.9 Å². The summed E-state index contributed by atoms with van der Waals surface area (Å²) in [6, 6.07) is 22.4. The second-order valence-electron chi connectivity index (χ2n) is 8.01. The number of aromatic nitrogens is 1. The Labute approximate surface area is 198 Å². The molecule has 0 saturated carbocycles. The Kier molecular flexibility index (Phi) is 7.22. The number of amides is 2. The number of ether oxygens (including phenoxy) is 1. The molecule has 2 amide bonds. The number of furan rings is 1. The van der Waals surface area contributed by atoms with Gasteiger partial charge in [0.1, 0.15) is 17.5 Å². The van der Waals surface area contributed by atoms with Crippen molar-refractivity contribution in [2.24, 2.45) is 0 Å². The maximum atomic E-state index is 13.4. The summed E-state index contributed by atoms with van der Waals surface area (Å²) < 4.78 is 10.7. The minimum Gasteiger partial charge on any atom is -0.481 e. The van der Waals surface area contributed by atoms with Crippen LogP contribution in [-0.4, -0.2) is 48.4 Å². The number of rotatable bonds is 9. The Hall–Kier alpha value is -4.13. The Bertz CT molecular complexity index is 1270. The van der Waals surface area contributed by atoms with Crippen LogP contribution in [0.4, 0.5) is 0 Å². The summed E-state index contributed by atoms with van der Waals surface area (Å²) in [7, 11) is 3.30. The number of methoxy groups -OCH3 is 1. The molecule has 7 nitrogen and oxygen atoms in total. The predicted octanol–water partition coefficient (Wildman–Crippen LogP) is 4.34. The Morgan fingerprint density at radius 3 is 2.59 bits per heavy atom. The SMILES string of the molecule is COc1cccc(C(=O)NCC[C@H](Cc2ccccc2)N(C)C(=O)c2coc3ccccc23)n1. The van der Waals surface area contributed by atoms with Crippen molar-refractivity contribution < 1.29 is 18.7 Å². The van der Waals surface area contributed by atoms with Gasteiger partial charge in [0.15, 0.2) is 0 Å². The van der Waals surface area contributed by atoms with Crippen LogP contribution < -0.4 is 10.1 Å². The van der Waals surface area contributed by atoms with Crippen molar-refractivity contribution in [3.8, 4) is 5.88 Å². The largest absolute Gasteiger partial charge is 0.481 e. The van der Waals surface area contributed by atoms with Gasteiger partial charge in [0.05, 0.1) is 12.7 Å². The van der Waals surface area contributed by atoms with Gasteiger partial charge in [-0.1, -0.05) is 54.6 Å². The number of nitrogens with one attached hydrogen (secondary N) is 1. The van der Waals surface area contributed by atoms with E-state index in [1.165, 1.54) is 13.4 Å². The maximum Gasteiger partial charge on any atom is 0.270 e. The lowest BCUT2D eigenvalue weighted by Crippen LogP contribution is -2.41. The van der Waals surface area contributed by atoms with E-state index < -0.39 is 0 Å². The lowest BCUT2D eigenvalue weighted by atomic mass is 10.0. The number of para-hydroxylation sites is 1. The van der Waals surface area contributed by atoms with Gasteiger partial charge in [-0.25, -0.2) is 4.98 Å². The second kappa shape index (κ2) is 10.7. The van der Waals surface area contributed by atoms with E-state index in [1.54, 1.807) is 30.1 Å². The highest BCUT2D eigenvalue weighted by atomic mass is 16.5. The van der Waals surface area contributed by atoms with Gasteiger partial charge in [0.2, 0.25) is 5.88 Å². The van der Waals surface area contributed by atoms with E-state index in [2.05, 4.69) is 10.3 Å². The van der Waals surface area contributed by atoms with Gasteiger partial charge in [-0.3, -0.25) is 9.59 Å². The fourth-order valence-electron chi connectivity index (χ4n) is 3.92. The van der Waals surface area contributed by atoms with Crippen molar-refractivity contribution >= 4 is 22.8 Å². The summed E-state index contributed by atoms with van der Waals surface area (Å²) in [5, 5.41) is 3.70. The summed E-state index contributed by atoms with van der Waals surface area (Å²) in [6.07, 6.45) is 2.74. The van der Waals surface area contributed by atoms with Crippen LogP contribution in [0, 0.1) is 0 Å². The normalized spacial score (nSPS) is 11.7. The molecular weight excluding hydrogens is 430 g/mol. The van der Waals surface area contributed by atoms with E-state index in [4.69, 9.17) is 9.15 Å². The summed E-state index contributed by atoms with van der Waals surface area (Å²) in [6.45, 7) is 0.388. The molecule has 174 valence electrons. The van der Waals surface area contributed by atoms with Crippen LogP contribution in [0.1, 0.15) is 32.8 Å². The van der Waals surface area contributed by atoms with Gasteiger partial charge >= 0.3 is 0 Å². The van der Waals surface area contributed by atoms with Crippen molar-refractivity contribution in [1.82, 2.24) is 15.2 Å². The van der Waals surface area contributed by atoms with Crippen molar-refractivity contribution in [2.45, 2.75) is 18.9 Å². The number of pyridine rings is 1. The molecule has 34 heavy (non-hydrogen) atoms. The smallest absolute Gasteiger partial charge is 0.270 e. The van der Waals surface area contributed by atoms with Crippen LogP contribution >= 0.6 is 0 Å². The Morgan fingerprint density at radius 1 is 1.03 bits per heavy atom. The van der Waals surface area contributed by atoms with Crippen LogP contribution in [-0.2, 0) is 6.42 Å². The van der Waals surface area contributed by atoms with Crippen molar-refractivity contribution in [3.63, 3.8) is 0 Å². The van der Waals surface area contributed by atoms with Gasteiger partial charge in [0.25, 0.3) is 11.8 Å². The molecule has 0 saturated heterocycles. The standard InChI is InChI=1S/C27H27N3O4/c1-30(27(32)22-18-34-24-13-7-6-11-21(22)24)20(17-19-9-4-3-5-10-19)15-16-28-26(31)23-12-8-14-25(29-23)33-2/h3-14,18,20H,15-17H2,1-2H3,(H,28,31)/t20-/m1/s1. The fourth-order valence-corrected chi connectivity index (χ4v) is 3.92. The quantitative estimate of drug-likeness (QED) is 0.404. The number of hydrogen-bond donors (Lipinski definition) is 1.